The van der Waals surface area contributed by atoms with E-state index in [1.807, 2.05) is 34.6 Å². The maximum Gasteiger partial charge on any atom is 0.210 e. The highest BCUT2D eigenvalue weighted by molar-refractivity contribution is 5.48. The van der Waals surface area contributed by atoms with E-state index in [4.69, 9.17) is 11.5 Å². The molecule has 0 fully saturated rings. The third kappa shape index (κ3) is 5.14. The van der Waals surface area contributed by atoms with E-state index in [0.29, 0.717) is 13.0 Å². The van der Waals surface area contributed by atoms with Crippen LogP contribution in [0.4, 0.5) is 0 Å². The van der Waals surface area contributed by atoms with Crippen molar-refractivity contribution >= 4 is 6.41 Å². The maximum atomic E-state index is 10.9. The highest BCUT2D eigenvalue weighted by atomic mass is 16.1. The van der Waals surface area contributed by atoms with Crippen LogP contribution in [0.1, 0.15) is 41.0 Å². The maximum absolute atomic E-state index is 10.9. The molecular weight excluding hydrogens is 190 g/mol. The predicted molar refractivity (Wildman–Crippen MR) is 63.4 cm³/mol. The number of hydrogen-bond acceptors (Lipinski definition) is 3. The van der Waals surface area contributed by atoms with Gasteiger partial charge < -0.3 is 16.4 Å². The predicted octanol–water partition coefficient (Wildman–Crippen LogP) is 0.698. The van der Waals surface area contributed by atoms with Gasteiger partial charge in [0.25, 0.3) is 0 Å². The summed E-state index contributed by atoms with van der Waals surface area (Å²) in [5, 5.41) is 0. The summed E-state index contributed by atoms with van der Waals surface area (Å²) in [6.45, 7) is 10.3. The highest BCUT2D eigenvalue weighted by Gasteiger charge is 2.33. The topological polar surface area (TPSA) is 72.3 Å². The monoisotopic (exact) mass is 215 g/mol. The average Bonchev–Trinajstić information content (AvgIpc) is 2.01. The lowest BCUT2D eigenvalue weighted by molar-refractivity contribution is -0.121. The van der Waals surface area contributed by atoms with E-state index in [1.165, 1.54) is 0 Å². The molecule has 1 atom stereocenters. The van der Waals surface area contributed by atoms with Crippen molar-refractivity contribution in [3.63, 3.8) is 0 Å². The molecule has 0 heterocycles. The number of nitrogens with two attached hydrogens (primary N) is 2. The van der Waals surface area contributed by atoms with E-state index in [2.05, 4.69) is 0 Å². The fourth-order valence-electron chi connectivity index (χ4n) is 1.67. The molecule has 90 valence electrons. The first kappa shape index (κ1) is 14.4. The number of carbonyl (C=O) groups is 1. The second-order valence-corrected chi connectivity index (χ2v) is 5.47. The molecule has 4 nitrogen and oxygen atoms in total. The van der Waals surface area contributed by atoms with Crippen LogP contribution >= 0.6 is 0 Å². The third-order valence-electron chi connectivity index (χ3n) is 2.48. The minimum atomic E-state index is -0.437. The minimum absolute atomic E-state index is 0.0278. The van der Waals surface area contributed by atoms with Crippen LogP contribution in [0.25, 0.3) is 0 Å². The van der Waals surface area contributed by atoms with E-state index in [0.717, 1.165) is 6.41 Å². The summed E-state index contributed by atoms with van der Waals surface area (Å²) in [5.74, 6) is 0. The Morgan fingerprint density at radius 1 is 1.27 bits per heavy atom. The van der Waals surface area contributed by atoms with Crippen LogP contribution in [0, 0.1) is 0 Å². The molecule has 4 heteroatoms. The standard InChI is InChI=1S/C11H25N3O/c1-6-14(8-15)9(11(4,5)13)7-10(2,3)12/h8-9H,6-7,12-13H2,1-5H3. The van der Waals surface area contributed by atoms with E-state index < -0.39 is 5.54 Å². The van der Waals surface area contributed by atoms with Crippen molar-refractivity contribution in [2.24, 2.45) is 11.5 Å². The fourth-order valence-corrected chi connectivity index (χ4v) is 1.67. The average molecular weight is 215 g/mol. The molecule has 1 unspecified atom stereocenters. The van der Waals surface area contributed by atoms with Gasteiger partial charge >= 0.3 is 0 Å². The number of hydrogen-bond donors (Lipinski definition) is 2. The molecule has 0 rings (SSSR count). The molecule has 4 N–H and O–H groups in total. The molecule has 15 heavy (non-hydrogen) atoms. The van der Waals surface area contributed by atoms with Crippen LogP contribution in [0.3, 0.4) is 0 Å². The largest absolute Gasteiger partial charge is 0.341 e. The smallest absolute Gasteiger partial charge is 0.210 e. The van der Waals surface area contributed by atoms with E-state index in [-0.39, 0.29) is 11.6 Å². The van der Waals surface area contributed by atoms with Gasteiger partial charge in [-0.25, -0.2) is 0 Å². The zero-order valence-corrected chi connectivity index (χ0v) is 10.6. The van der Waals surface area contributed by atoms with Crippen LogP contribution in [-0.2, 0) is 4.79 Å². The van der Waals surface area contributed by atoms with Gasteiger partial charge in [-0.2, -0.15) is 0 Å². The van der Waals surface area contributed by atoms with E-state index in [9.17, 15) is 4.79 Å². The van der Waals surface area contributed by atoms with Gasteiger partial charge in [0, 0.05) is 17.6 Å². The molecular formula is C11H25N3O. The summed E-state index contributed by atoms with van der Waals surface area (Å²) in [5.41, 5.74) is 11.3. The van der Waals surface area contributed by atoms with Gasteiger partial charge in [-0.15, -0.1) is 0 Å². The first-order valence-electron chi connectivity index (χ1n) is 5.40. The zero-order chi connectivity index (χ0) is 12.3. The van der Waals surface area contributed by atoms with Crippen molar-refractivity contribution in [3.05, 3.63) is 0 Å². The van der Waals surface area contributed by atoms with Gasteiger partial charge in [0.2, 0.25) is 6.41 Å². The van der Waals surface area contributed by atoms with Crippen molar-refractivity contribution in [2.45, 2.75) is 58.2 Å². The SMILES string of the molecule is CCN(C=O)C(CC(C)(C)N)C(C)(C)N. The summed E-state index contributed by atoms with van der Waals surface area (Å²) in [7, 11) is 0. The van der Waals surface area contributed by atoms with Crippen molar-refractivity contribution in [2.75, 3.05) is 6.54 Å². The van der Waals surface area contributed by atoms with Crippen LogP contribution in [0.2, 0.25) is 0 Å². The van der Waals surface area contributed by atoms with Gasteiger partial charge in [0.1, 0.15) is 0 Å². The summed E-state index contributed by atoms with van der Waals surface area (Å²) in [4.78, 5) is 12.7. The Bertz CT molecular complexity index is 203. The number of likely N-dealkylation sites (N-methyl/N-ethyl adjacent to an activating group) is 1. The molecule has 0 bridgehead atoms. The first-order valence-corrected chi connectivity index (χ1v) is 5.40. The molecule has 0 aromatic carbocycles. The summed E-state index contributed by atoms with van der Waals surface area (Å²) >= 11 is 0. The van der Waals surface area contributed by atoms with Crippen LogP contribution in [0.15, 0.2) is 0 Å². The lowest BCUT2D eigenvalue weighted by atomic mass is 9.84. The summed E-state index contributed by atoms with van der Waals surface area (Å²) < 4.78 is 0. The van der Waals surface area contributed by atoms with Gasteiger partial charge in [0.15, 0.2) is 0 Å². The van der Waals surface area contributed by atoms with Gasteiger partial charge in [-0.1, -0.05) is 0 Å². The second kappa shape index (κ2) is 4.94. The Morgan fingerprint density at radius 2 is 1.73 bits per heavy atom. The molecule has 0 aliphatic carbocycles. The second-order valence-electron chi connectivity index (χ2n) is 5.47. The van der Waals surface area contributed by atoms with Crippen LogP contribution < -0.4 is 11.5 Å². The van der Waals surface area contributed by atoms with E-state index >= 15 is 0 Å². The molecule has 0 radical (unpaired) electrons. The quantitative estimate of drug-likeness (QED) is 0.641. The van der Waals surface area contributed by atoms with Gasteiger partial charge in [0.05, 0.1) is 6.04 Å². The normalized spacial score (nSPS) is 14.9. The molecule has 0 saturated carbocycles. The van der Waals surface area contributed by atoms with Crippen molar-refractivity contribution in [1.29, 1.82) is 0 Å². The van der Waals surface area contributed by atoms with Crippen molar-refractivity contribution in [3.8, 4) is 0 Å². The Labute approximate surface area is 93.0 Å². The lowest BCUT2D eigenvalue weighted by Crippen LogP contribution is -2.57. The van der Waals surface area contributed by atoms with Gasteiger partial charge in [-0.3, -0.25) is 4.79 Å². The molecule has 0 aliphatic heterocycles. The zero-order valence-electron chi connectivity index (χ0n) is 10.6. The molecule has 0 aromatic heterocycles. The summed E-state index contributed by atoms with van der Waals surface area (Å²) in [6.07, 6.45) is 1.55. The highest BCUT2D eigenvalue weighted by Crippen LogP contribution is 2.21. The first-order chi connectivity index (χ1) is 6.61. The molecule has 1 amide bonds. The number of nitrogens with zero attached hydrogens (tertiary/aromatic N) is 1. The minimum Gasteiger partial charge on any atom is -0.341 e. The summed E-state index contributed by atoms with van der Waals surface area (Å²) in [6, 6.07) is -0.0278. The Hall–Kier alpha value is -0.610. The third-order valence-corrected chi connectivity index (χ3v) is 2.48. The van der Waals surface area contributed by atoms with Gasteiger partial charge in [-0.05, 0) is 41.0 Å². The Morgan fingerprint density at radius 3 is 1.93 bits per heavy atom. The lowest BCUT2D eigenvalue weighted by Gasteiger charge is -2.40. The molecule has 0 saturated heterocycles. The van der Waals surface area contributed by atoms with Crippen LogP contribution in [0.5, 0.6) is 0 Å². The number of carbonyl (C=O) groups excluding carboxylic acids is 1. The van der Waals surface area contributed by atoms with E-state index in [1.54, 1.807) is 4.90 Å². The molecule has 0 aromatic rings. The molecule has 0 aliphatic rings. The van der Waals surface area contributed by atoms with Crippen molar-refractivity contribution in [1.82, 2.24) is 4.90 Å². The Kier molecular flexibility index (Phi) is 4.74. The van der Waals surface area contributed by atoms with Crippen LogP contribution in [-0.4, -0.2) is 35.0 Å². The fraction of sp³-hybridized carbons (Fsp3) is 0.909. The Balaban J connectivity index is 4.81. The molecule has 0 spiro atoms. The van der Waals surface area contributed by atoms with Crippen molar-refractivity contribution < 1.29 is 4.79 Å². The number of amides is 1. The number of rotatable bonds is 6.